The third-order valence-electron chi connectivity index (χ3n) is 5.36. The second kappa shape index (κ2) is 11.5. The van der Waals surface area contributed by atoms with Crippen LogP contribution in [0.25, 0.3) is 0 Å². The third kappa shape index (κ3) is 6.70. The summed E-state index contributed by atoms with van der Waals surface area (Å²) in [7, 11) is -2.08. The van der Waals surface area contributed by atoms with Crippen molar-refractivity contribution in [3.05, 3.63) is 30.1 Å². The number of amides is 2. The molecule has 30 heavy (non-hydrogen) atoms. The average molecular weight is 418 g/mol. The van der Waals surface area contributed by atoms with E-state index in [2.05, 4.69) is 20.6 Å². The first-order chi connectivity index (χ1) is 14.3. The maximum absolute atomic E-state index is 13.0. The number of pyridine rings is 1. The molecule has 0 aromatic carbocycles. The standard InChI is InChI=1S/C19H31BN6O4/c21-18(22)25-11-4-9-19(20(29)30,26-16(27)15-6-1-2-7-15)17(28)24-12-8-14-5-3-10-23-13-14/h3,5,10,13,15,29-30H,1-2,4,6-9,11-12H2,(H,24,28)(H,26,27)(H4,21,22,25). The van der Waals surface area contributed by atoms with Gasteiger partial charge < -0.3 is 32.1 Å². The summed E-state index contributed by atoms with van der Waals surface area (Å²) in [5.41, 5.74) is 9.69. The molecule has 1 atom stereocenters. The van der Waals surface area contributed by atoms with Crippen LogP contribution in [0, 0.1) is 5.92 Å². The van der Waals surface area contributed by atoms with Crippen molar-refractivity contribution in [2.45, 2.75) is 50.4 Å². The molecule has 1 aromatic rings. The summed E-state index contributed by atoms with van der Waals surface area (Å²) < 4.78 is 0. The van der Waals surface area contributed by atoms with E-state index in [1.54, 1.807) is 18.5 Å². The van der Waals surface area contributed by atoms with Crippen LogP contribution in [0.3, 0.4) is 0 Å². The molecular weight excluding hydrogens is 387 g/mol. The van der Waals surface area contributed by atoms with Crippen LogP contribution in [0.4, 0.5) is 0 Å². The molecular formula is C19H31BN6O4. The van der Waals surface area contributed by atoms with Gasteiger partial charge in [0.25, 0.3) is 0 Å². The van der Waals surface area contributed by atoms with Gasteiger partial charge in [0.2, 0.25) is 11.8 Å². The Morgan fingerprint density at radius 2 is 2.03 bits per heavy atom. The summed E-state index contributed by atoms with van der Waals surface area (Å²) in [5.74, 6) is -1.33. The molecule has 11 heteroatoms. The van der Waals surface area contributed by atoms with Crippen LogP contribution in [-0.2, 0) is 16.0 Å². The molecule has 1 saturated carbocycles. The topological polar surface area (TPSA) is 176 Å². The Bertz CT molecular complexity index is 723. The van der Waals surface area contributed by atoms with E-state index in [1.165, 1.54) is 0 Å². The van der Waals surface area contributed by atoms with Crippen LogP contribution in [0.1, 0.15) is 44.1 Å². The molecule has 2 amide bonds. The molecule has 0 aliphatic heterocycles. The molecule has 8 N–H and O–H groups in total. The number of guanidine groups is 1. The Morgan fingerprint density at radius 1 is 1.30 bits per heavy atom. The molecule has 0 radical (unpaired) electrons. The normalized spacial score (nSPS) is 15.8. The van der Waals surface area contributed by atoms with Crippen molar-refractivity contribution in [1.29, 1.82) is 0 Å². The summed E-state index contributed by atoms with van der Waals surface area (Å²) in [6.07, 6.45) is 7.43. The summed E-state index contributed by atoms with van der Waals surface area (Å²) >= 11 is 0. The number of nitrogens with zero attached hydrogens (tertiary/aromatic N) is 2. The number of hydrogen-bond acceptors (Lipinski definition) is 6. The molecule has 2 rings (SSSR count). The lowest BCUT2D eigenvalue weighted by Gasteiger charge is -2.33. The van der Waals surface area contributed by atoms with E-state index < -0.39 is 18.5 Å². The first kappa shape index (κ1) is 23.6. The highest BCUT2D eigenvalue weighted by Crippen LogP contribution is 2.26. The fourth-order valence-corrected chi connectivity index (χ4v) is 3.64. The number of aliphatic imine (C=N–C) groups is 1. The molecule has 0 saturated heterocycles. The second-order valence-electron chi connectivity index (χ2n) is 7.59. The van der Waals surface area contributed by atoms with Crippen molar-refractivity contribution in [2.24, 2.45) is 22.4 Å². The lowest BCUT2D eigenvalue weighted by atomic mass is 9.61. The van der Waals surface area contributed by atoms with Gasteiger partial charge in [0.05, 0.1) is 0 Å². The zero-order chi connectivity index (χ0) is 22.0. The van der Waals surface area contributed by atoms with Gasteiger partial charge in [-0.3, -0.25) is 19.6 Å². The lowest BCUT2D eigenvalue weighted by Crippen LogP contribution is -2.68. The Labute approximate surface area is 176 Å². The number of nitrogens with two attached hydrogens (primary N) is 2. The van der Waals surface area contributed by atoms with E-state index in [4.69, 9.17) is 11.5 Å². The van der Waals surface area contributed by atoms with Gasteiger partial charge in [0, 0.05) is 31.4 Å². The van der Waals surface area contributed by atoms with Crippen LogP contribution in [0.2, 0.25) is 0 Å². The van der Waals surface area contributed by atoms with E-state index in [-0.39, 0.29) is 43.7 Å². The molecule has 1 aliphatic rings. The van der Waals surface area contributed by atoms with Crippen molar-refractivity contribution in [3.8, 4) is 0 Å². The van der Waals surface area contributed by atoms with Gasteiger partial charge in [-0.1, -0.05) is 18.9 Å². The van der Waals surface area contributed by atoms with Crippen LogP contribution < -0.4 is 22.1 Å². The summed E-state index contributed by atoms with van der Waals surface area (Å²) in [6, 6.07) is 3.68. The second-order valence-corrected chi connectivity index (χ2v) is 7.59. The Kier molecular flexibility index (Phi) is 9.06. The zero-order valence-corrected chi connectivity index (χ0v) is 17.1. The van der Waals surface area contributed by atoms with Crippen molar-refractivity contribution in [2.75, 3.05) is 13.1 Å². The number of carbonyl (C=O) groups excluding carboxylic acids is 2. The number of carbonyl (C=O) groups is 2. The van der Waals surface area contributed by atoms with Gasteiger partial charge in [0.15, 0.2) is 11.4 Å². The summed E-state index contributed by atoms with van der Waals surface area (Å²) in [4.78, 5) is 33.6. The smallest absolute Gasteiger partial charge is 0.425 e. The number of aromatic nitrogens is 1. The maximum atomic E-state index is 13.0. The zero-order valence-electron chi connectivity index (χ0n) is 17.1. The first-order valence-electron chi connectivity index (χ1n) is 10.3. The molecule has 1 aliphatic carbocycles. The minimum Gasteiger partial charge on any atom is -0.425 e. The largest absolute Gasteiger partial charge is 0.488 e. The Morgan fingerprint density at radius 3 is 2.63 bits per heavy atom. The monoisotopic (exact) mass is 418 g/mol. The average Bonchev–Trinajstić information content (AvgIpc) is 3.25. The van der Waals surface area contributed by atoms with E-state index >= 15 is 0 Å². The molecule has 1 unspecified atom stereocenters. The van der Waals surface area contributed by atoms with Crippen LogP contribution in [0.5, 0.6) is 0 Å². The Balaban J connectivity index is 2.09. The molecule has 10 nitrogen and oxygen atoms in total. The Hall–Kier alpha value is -2.66. The SMILES string of the molecule is NC(N)=NCCCC(NC(=O)C1CCCC1)(B(O)O)C(=O)NCCc1cccnc1. The van der Waals surface area contributed by atoms with Crippen molar-refractivity contribution in [3.63, 3.8) is 0 Å². The van der Waals surface area contributed by atoms with E-state index in [0.29, 0.717) is 6.42 Å². The van der Waals surface area contributed by atoms with E-state index in [9.17, 15) is 19.6 Å². The van der Waals surface area contributed by atoms with Gasteiger partial charge in [-0.25, -0.2) is 0 Å². The number of rotatable bonds is 11. The van der Waals surface area contributed by atoms with Crippen LogP contribution >= 0.6 is 0 Å². The van der Waals surface area contributed by atoms with Crippen molar-refractivity contribution >= 4 is 24.9 Å². The summed E-state index contributed by atoms with van der Waals surface area (Å²) in [5, 5.41) is 25.6. The summed E-state index contributed by atoms with van der Waals surface area (Å²) in [6.45, 7) is 0.450. The molecule has 1 heterocycles. The van der Waals surface area contributed by atoms with E-state index in [0.717, 1.165) is 31.2 Å². The minimum absolute atomic E-state index is 0.0291. The van der Waals surface area contributed by atoms with Gasteiger partial charge >= 0.3 is 7.12 Å². The van der Waals surface area contributed by atoms with Gasteiger partial charge in [0.1, 0.15) is 0 Å². The molecule has 0 spiro atoms. The predicted octanol–water partition coefficient (Wildman–Crippen LogP) is -1.15. The third-order valence-corrected chi connectivity index (χ3v) is 5.36. The van der Waals surface area contributed by atoms with Crippen LogP contribution in [0.15, 0.2) is 29.5 Å². The quantitative estimate of drug-likeness (QED) is 0.114. The highest BCUT2D eigenvalue weighted by atomic mass is 16.4. The van der Waals surface area contributed by atoms with Gasteiger partial charge in [-0.05, 0) is 43.7 Å². The van der Waals surface area contributed by atoms with Gasteiger partial charge in [-0.2, -0.15) is 0 Å². The maximum Gasteiger partial charge on any atom is 0.488 e. The van der Waals surface area contributed by atoms with Crippen LogP contribution in [-0.4, -0.2) is 58.5 Å². The predicted molar refractivity (Wildman–Crippen MR) is 114 cm³/mol. The highest BCUT2D eigenvalue weighted by Gasteiger charge is 2.50. The highest BCUT2D eigenvalue weighted by molar-refractivity contribution is 6.52. The minimum atomic E-state index is -2.08. The molecule has 0 bridgehead atoms. The molecule has 1 fully saturated rings. The van der Waals surface area contributed by atoms with E-state index in [1.807, 2.05) is 6.07 Å². The fourth-order valence-electron chi connectivity index (χ4n) is 3.64. The number of nitrogens with one attached hydrogen (secondary N) is 2. The fraction of sp³-hybridized carbons (Fsp3) is 0.579. The van der Waals surface area contributed by atoms with Gasteiger partial charge in [-0.15, -0.1) is 0 Å². The first-order valence-corrected chi connectivity index (χ1v) is 10.3. The van der Waals surface area contributed by atoms with Crippen molar-refractivity contribution < 1.29 is 19.6 Å². The number of hydrogen-bond donors (Lipinski definition) is 6. The lowest BCUT2D eigenvalue weighted by molar-refractivity contribution is -0.133. The molecule has 164 valence electrons. The molecule has 1 aromatic heterocycles. The van der Waals surface area contributed by atoms with Crippen molar-refractivity contribution in [1.82, 2.24) is 15.6 Å².